The number of amides is 1. The highest BCUT2D eigenvalue weighted by atomic mass is 19.1. The van der Waals surface area contributed by atoms with Crippen LogP contribution in [0.1, 0.15) is 43.2 Å². The lowest BCUT2D eigenvalue weighted by molar-refractivity contribution is -0.133. The Morgan fingerprint density at radius 2 is 2.08 bits per heavy atom. The van der Waals surface area contributed by atoms with E-state index in [1.165, 1.54) is 18.2 Å². The largest absolute Gasteiger partial charge is 0.342 e. The van der Waals surface area contributed by atoms with Crippen molar-refractivity contribution in [2.24, 2.45) is 5.92 Å². The second-order valence-electron chi connectivity index (χ2n) is 7.05. The number of rotatable bonds is 7. The van der Waals surface area contributed by atoms with Crippen molar-refractivity contribution in [2.75, 3.05) is 13.1 Å². The van der Waals surface area contributed by atoms with Crippen LogP contribution in [0.3, 0.4) is 0 Å². The van der Waals surface area contributed by atoms with Gasteiger partial charge in [-0.1, -0.05) is 6.07 Å². The predicted octanol–water partition coefficient (Wildman–Crippen LogP) is 3.88. The number of benzene rings is 1. The summed E-state index contributed by atoms with van der Waals surface area (Å²) >= 11 is 0. The number of carbonyl (C=O) groups is 1. The topological polar surface area (TPSA) is 49.0 Å². The molecule has 0 saturated carbocycles. The van der Waals surface area contributed by atoms with Crippen LogP contribution < -0.4 is 0 Å². The molecular weight excluding hydrogens is 336 g/mol. The summed E-state index contributed by atoms with van der Waals surface area (Å²) in [5.41, 5.74) is 1.28. The molecule has 1 aliphatic rings. The van der Waals surface area contributed by atoms with E-state index in [0.29, 0.717) is 31.7 Å². The van der Waals surface area contributed by atoms with E-state index in [0.717, 1.165) is 37.8 Å². The molecule has 3 rings (SSSR count). The number of piperidine rings is 1. The maximum absolute atomic E-state index is 13.8. The third-order valence-electron chi connectivity index (χ3n) is 5.15. The van der Waals surface area contributed by atoms with Gasteiger partial charge in [0.15, 0.2) is 0 Å². The molecule has 0 spiro atoms. The Morgan fingerprint density at radius 3 is 2.81 bits per heavy atom. The van der Waals surface area contributed by atoms with E-state index in [2.05, 4.69) is 10.2 Å². The van der Waals surface area contributed by atoms with Crippen LogP contribution >= 0.6 is 0 Å². The van der Waals surface area contributed by atoms with E-state index in [1.54, 1.807) is 6.20 Å². The van der Waals surface area contributed by atoms with Crippen LogP contribution in [-0.2, 0) is 17.6 Å². The van der Waals surface area contributed by atoms with Gasteiger partial charge < -0.3 is 4.90 Å². The van der Waals surface area contributed by atoms with Crippen LogP contribution in [0, 0.1) is 17.6 Å². The molecule has 2 heterocycles. The fraction of sp³-hybridized carbons (Fsp3) is 0.500. The van der Waals surface area contributed by atoms with Gasteiger partial charge >= 0.3 is 0 Å². The summed E-state index contributed by atoms with van der Waals surface area (Å²) in [6.45, 7) is 1.48. The van der Waals surface area contributed by atoms with Crippen molar-refractivity contribution in [3.05, 3.63) is 53.4 Å². The quantitative estimate of drug-likeness (QED) is 0.814. The molecule has 0 aliphatic carbocycles. The summed E-state index contributed by atoms with van der Waals surface area (Å²) in [5.74, 6) is -0.475. The summed E-state index contributed by atoms with van der Waals surface area (Å²) in [6, 6.07) is 3.99. The fourth-order valence-corrected chi connectivity index (χ4v) is 3.66. The number of halogens is 2. The molecule has 0 bridgehead atoms. The number of likely N-dealkylation sites (tertiary alicyclic amines) is 1. The molecule has 1 saturated heterocycles. The molecule has 1 N–H and O–H groups in total. The van der Waals surface area contributed by atoms with Crippen LogP contribution in [-0.4, -0.2) is 34.1 Å². The van der Waals surface area contributed by atoms with Gasteiger partial charge in [-0.05, 0) is 62.1 Å². The van der Waals surface area contributed by atoms with Gasteiger partial charge in [0.05, 0.1) is 6.20 Å². The van der Waals surface area contributed by atoms with Crippen molar-refractivity contribution in [3.63, 3.8) is 0 Å². The van der Waals surface area contributed by atoms with E-state index in [9.17, 15) is 13.6 Å². The monoisotopic (exact) mass is 361 g/mol. The summed E-state index contributed by atoms with van der Waals surface area (Å²) in [7, 11) is 0. The minimum absolute atomic E-state index is 0.163. The summed E-state index contributed by atoms with van der Waals surface area (Å²) < 4.78 is 27.5. The smallest absolute Gasteiger partial charge is 0.222 e. The molecule has 1 aromatic heterocycles. The number of nitrogens with zero attached hydrogens (tertiary/aromatic N) is 2. The van der Waals surface area contributed by atoms with Gasteiger partial charge in [-0.3, -0.25) is 9.89 Å². The number of aromatic nitrogens is 2. The van der Waals surface area contributed by atoms with Crippen LogP contribution in [0.15, 0.2) is 30.6 Å². The van der Waals surface area contributed by atoms with Crippen molar-refractivity contribution in [1.82, 2.24) is 15.1 Å². The van der Waals surface area contributed by atoms with Crippen molar-refractivity contribution in [3.8, 4) is 0 Å². The first kappa shape index (κ1) is 18.5. The third-order valence-corrected chi connectivity index (χ3v) is 5.15. The lowest BCUT2D eigenvalue weighted by Crippen LogP contribution is -2.40. The summed E-state index contributed by atoms with van der Waals surface area (Å²) in [6.07, 6.45) is 8.85. The predicted molar refractivity (Wildman–Crippen MR) is 95.5 cm³/mol. The molecular formula is C20H25F2N3O. The molecule has 0 unspecified atom stereocenters. The second kappa shape index (κ2) is 8.92. The lowest BCUT2D eigenvalue weighted by atomic mass is 9.91. The average molecular weight is 361 g/mol. The van der Waals surface area contributed by atoms with Crippen molar-refractivity contribution in [1.29, 1.82) is 0 Å². The zero-order valence-corrected chi connectivity index (χ0v) is 14.9. The zero-order chi connectivity index (χ0) is 18.4. The van der Waals surface area contributed by atoms with Crippen LogP contribution in [0.25, 0.3) is 0 Å². The Balaban J connectivity index is 1.45. The molecule has 1 fully saturated rings. The van der Waals surface area contributed by atoms with Crippen LogP contribution in [0.2, 0.25) is 0 Å². The number of aryl methyl sites for hydroxylation is 1. The Labute approximate surface area is 152 Å². The maximum atomic E-state index is 13.8. The number of carbonyl (C=O) groups excluding carboxylic acids is 1. The van der Waals surface area contributed by atoms with Gasteiger partial charge in [0, 0.05) is 31.3 Å². The highest BCUT2D eigenvalue weighted by Gasteiger charge is 2.23. The molecule has 2 aromatic rings. The number of nitrogens with one attached hydrogen (secondary N) is 1. The van der Waals surface area contributed by atoms with Crippen molar-refractivity contribution in [2.45, 2.75) is 44.9 Å². The molecule has 1 atom stereocenters. The minimum atomic E-state index is -0.479. The SMILES string of the molecule is O=C(CCCc1cn[nH]c1)N1CCC[C@@H](CCc2c(F)cccc2F)C1. The van der Waals surface area contributed by atoms with Crippen LogP contribution in [0.5, 0.6) is 0 Å². The Hall–Kier alpha value is -2.24. The number of aromatic amines is 1. The van der Waals surface area contributed by atoms with Crippen molar-refractivity contribution >= 4 is 5.91 Å². The summed E-state index contributed by atoms with van der Waals surface area (Å²) in [5, 5.41) is 6.68. The average Bonchev–Trinajstić information content (AvgIpc) is 3.15. The zero-order valence-electron chi connectivity index (χ0n) is 14.9. The fourth-order valence-electron chi connectivity index (χ4n) is 3.66. The van der Waals surface area contributed by atoms with Crippen molar-refractivity contribution < 1.29 is 13.6 Å². The second-order valence-corrected chi connectivity index (χ2v) is 7.05. The molecule has 1 amide bonds. The number of hydrogen-bond donors (Lipinski definition) is 1. The van der Waals surface area contributed by atoms with Gasteiger partial charge in [-0.2, -0.15) is 5.10 Å². The number of hydrogen-bond acceptors (Lipinski definition) is 2. The summed E-state index contributed by atoms with van der Waals surface area (Å²) in [4.78, 5) is 14.4. The molecule has 26 heavy (non-hydrogen) atoms. The molecule has 1 aliphatic heterocycles. The maximum Gasteiger partial charge on any atom is 0.222 e. The first-order valence-electron chi connectivity index (χ1n) is 9.32. The van der Waals surface area contributed by atoms with E-state index in [4.69, 9.17) is 0 Å². The normalized spacial score (nSPS) is 17.5. The van der Waals surface area contributed by atoms with E-state index >= 15 is 0 Å². The highest BCUT2D eigenvalue weighted by molar-refractivity contribution is 5.76. The van der Waals surface area contributed by atoms with Crippen LogP contribution in [0.4, 0.5) is 8.78 Å². The Kier molecular flexibility index (Phi) is 6.36. The van der Waals surface area contributed by atoms with Gasteiger partial charge in [0.1, 0.15) is 11.6 Å². The minimum Gasteiger partial charge on any atom is -0.342 e. The van der Waals surface area contributed by atoms with E-state index < -0.39 is 11.6 Å². The number of H-pyrrole nitrogens is 1. The Morgan fingerprint density at radius 1 is 1.27 bits per heavy atom. The molecule has 1 aromatic carbocycles. The van der Waals surface area contributed by atoms with Gasteiger partial charge in [0.2, 0.25) is 5.91 Å². The first-order valence-corrected chi connectivity index (χ1v) is 9.32. The molecule has 6 heteroatoms. The standard InChI is InChI=1S/C20H25F2N3O/c21-18-6-2-7-19(22)17(18)10-9-15-5-3-11-25(14-15)20(26)8-1-4-16-12-23-24-13-16/h2,6-7,12-13,15H,1,3-5,8-11,14H2,(H,23,24)/t15-/m0/s1. The van der Waals surface area contributed by atoms with Gasteiger partial charge in [-0.15, -0.1) is 0 Å². The van der Waals surface area contributed by atoms with Gasteiger partial charge in [0.25, 0.3) is 0 Å². The third kappa shape index (κ3) is 4.90. The molecule has 4 nitrogen and oxygen atoms in total. The Bertz CT molecular complexity index is 698. The highest BCUT2D eigenvalue weighted by Crippen LogP contribution is 2.24. The van der Waals surface area contributed by atoms with Gasteiger partial charge in [-0.25, -0.2) is 8.78 Å². The molecule has 0 radical (unpaired) electrons. The van der Waals surface area contributed by atoms with E-state index in [-0.39, 0.29) is 11.5 Å². The molecule has 140 valence electrons. The first-order chi connectivity index (χ1) is 12.6. The van der Waals surface area contributed by atoms with E-state index in [1.807, 2.05) is 11.1 Å². The lowest BCUT2D eigenvalue weighted by Gasteiger charge is -2.33.